The fourth-order valence-corrected chi connectivity index (χ4v) is 2.29. The maximum absolute atomic E-state index is 12.0. The Morgan fingerprint density at radius 3 is 3.10 bits per heavy atom. The lowest BCUT2D eigenvalue weighted by molar-refractivity contribution is -0.128. The molecule has 1 heterocycles. The van der Waals surface area contributed by atoms with Crippen LogP contribution in [0.1, 0.15) is 24.8 Å². The van der Waals surface area contributed by atoms with Crippen molar-refractivity contribution in [3.8, 4) is 5.75 Å². The quantitative estimate of drug-likeness (QED) is 0.863. The molecule has 5 heteroatoms. The summed E-state index contributed by atoms with van der Waals surface area (Å²) in [5.41, 5.74) is 0.871. The van der Waals surface area contributed by atoms with Gasteiger partial charge < -0.3 is 15.4 Å². The van der Waals surface area contributed by atoms with E-state index in [1.807, 2.05) is 24.3 Å². The van der Waals surface area contributed by atoms with Gasteiger partial charge in [-0.1, -0.05) is 12.1 Å². The zero-order chi connectivity index (χ0) is 14.4. The first kappa shape index (κ1) is 14.4. The Kier molecular flexibility index (Phi) is 4.98. The van der Waals surface area contributed by atoms with Crippen LogP contribution in [0, 0.1) is 0 Å². The average molecular weight is 276 g/mol. The highest BCUT2D eigenvalue weighted by atomic mass is 16.5. The van der Waals surface area contributed by atoms with E-state index in [-0.39, 0.29) is 18.2 Å². The smallest absolute Gasteiger partial charge is 0.242 e. The van der Waals surface area contributed by atoms with E-state index in [0.717, 1.165) is 24.2 Å². The molecule has 0 aliphatic carbocycles. The second-order valence-electron chi connectivity index (χ2n) is 4.94. The van der Waals surface area contributed by atoms with E-state index in [2.05, 4.69) is 10.6 Å². The van der Waals surface area contributed by atoms with E-state index in [1.54, 1.807) is 7.11 Å². The minimum Gasteiger partial charge on any atom is -0.497 e. The summed E-state index contributed by atoms with van der Waals surface area (Å²) in [5.74, 6) is 0.504. The summed E-state index contributed by atoms with van der Waals surface area (Å²) in [5, 5.41) is 5.61. The maximum atomic E-state index is 12.0. The number of carbonyl (C=O) groups excluding carboxylic acids is 2. The third-order valence-corrected chi connectivity index (χ3v) is 3.37. The molecule has 1 saturated heterocycles. The lowest BCUT2D eigenvalue weighted by Gasteiger charge is -2.15. The Morgan fingerprint density at radius 2 is 2.30 bits per heavy atom. The predicted octanol–water partition coefficient (Wildman–Crippen LogP) is 1.02. The van der Waals surface area contributed by atoms with E-state index < -0.39 is 6.04 Å². The normalized spacial score (nSPS) is 18.9. The van der Waals surface area contributed by atoms with Crippen molar-refractivity contribution in [2.24, 2.45) is 0 Å². The van der Waals surface area contributed by atoms with Gasteiger partial charge in [0, 0.05) is 6.54 Å². The molecular weight excluding hydrogens is 256 g/mol. The molecule has 0 unspecified atom stereocenters. The molecule has 2 amide bonds. The van der Waals surface area contributed by atoms with Crippen molar-refractivity contribution >= 4 is 11.8 Å². The molecule has 1 aromatic carbocycles. The summed E-state index contributed by atoms with van der Waals surface area (Å²) >= 11 is 0. The number of amides is 2. The van der Waals surface area contributed by atoms with Crippen molar-refractivity contribution in [1.29, 1.82) is 0 Å². The van der Waals surface area contributed by atoms with E-state index in [1.165, 1.54) is 0 Å². The van der Waals surface area contributed by atoms with Crippen LogP contribution in [-0.2, 0) is 16.0 Å². The van der Waals surface area contributed by atoms with Gasteiger partial charge in [-0.25, -0.2) is 0 Å². The van der Waals surface area contributed by atoms with E-state index in [4.69, 9.17) is 4.74 Å². The average Bonchev–Trinajstić information content (AvgIpc) is 2.64. The number of methoxy groups -OCH3 is 1. The number of ether oxygens (including phenoxy) is 1. The number of nitrogens with one attached hydrogen (secondary N) is 2. The lowest BCUT2D eigenvalue weighted by Crippen LogP contribution is -2.45. The molecule has 0 bridgehead atoms. The van der Waals surface area contributed by atoms with Crippen molar-refractivity contribution in [1.82, 2.24) is 10.6 Å². The predicted molar refractivity (Wildman–Crippen MR) is 75.5 cm³/mol. The topological polar surface area (TPSA) is 67.4 Å². The van der Waals surface area contributed by atoms with E-state index in [0.29, 0.717) is 13.0 Å². The number of benzene rings is 1. The van der Waals surface area contributed by atoms with Crippen molar-refractivity contribution in [3.63, 3.8) is 0 Å². The molecule has 1 atom stereocenters. The molecule has 1 aliphatic heterocycles. The molecule has 5 nitrogen and oxygen atoms in total. The minimum absolute atomic E-state index is 0.0820. The monoisotopic (exact) mass is 276 g/mol. The second-order valence-corrected chi connectivity index (χ2v) is 4.94. The summed E-state index contributed by atoms with van der Waals surface area (Å²) in [7, 11) is 1.59. The molecule has 0 spiro atoms. The molecule has 0 saturated carbocycles. The molecule has 1 aliphatic rings. The summed E-state index contributed by atoms with van der Waals surface area (Å²) in [6.07, 6.45) is 2.87. The molecule has 20 heavy (non-hydrogen) atoms. The first-order chi connectivity index (χ1) is 9.69. The number of rotatable bonds is 4. The van der Waals surface area contributed by atoms with Gasteiger partial charge in [0.2, 0.25) is 11.8 Å². The number of hydrogen-bond donors (Lipinski definition) is 2. The zero-order valence-electron chi connectivity index (χ0n) is 11.6. The molecule has 0 aromatic heterocycles. The molecule has 1 fully saturated rings. The van der Waals surface area contributed by atoms with Crippen LogP contribution in [0.5, 0.6) is 5.75 Å². The molecule has 108 valence electrons. The van der Waals surface area contributed by atoms with Crippen LogP contribution in [0.25, 0.3) is 0 Å². The van der Waals surface area contributed by atoms with Gasteiger partial charge in [0.05, 0.1) is 13.5 Å². The van der Waals surface area contributed by atoms with Crippen LogP contribution < -0.4 is 15.4 Å². The highest BCUT2D eigenvalue weighted by Crippen LogP contribution is 2.13. The zero-order valence-corrected chi connectivity index (χ0v) is 11.6. The molecule has 2 N–H and O–H groups in total. The van der Waals surface area contributed by atoms with Gasteiger partial charge in [0.1, 0.15) is 11.8 Å². The van der Waals surface area contributed by atoms with E-state index in [9.17, 15) is 9.59 Å². The fourth-order valence-electron chi connectivity index (χ4n) is 2.29. The molecule has 1 aromatic rings. The van der Waals surface area contributed by atoms with Crippen LogP contribution in [0.3, 0.4) is 0 Å². The van der Waals surface area contributed by atoms with Gasteiger partial charge in [-0.2, -0.15) is 0 Å². The van der Waals surface area contributed by atoms with Gasteiger partial charge in [0.25, 0.3) is 0 Å². The first-order valence-electron chi connectivity index (χ1n) is 6.89. The van der Waals surface area contributed by atoms with Crippen LogP contribution in [0.4, 0.5) is 0 Å². The Balaban J connectivity index is 1.92. The third kappa shape index (κ3) is 3.98. The highest BCUT2D eigenvalue weighted by molar-refractivity contribution is 5.88. The summed E-state index contributed by atoms with van der Waals surface area (Å²) in [6, 6.07) is 6.97. The van der Waals surface area contributed by atoms with Crippen LogP contribution >= 0.6 is 0 Å². The number of carbonyl (C=O) groups is 2. The Bertz CT molecular complexity index is 488. The van der Waals surface area contributed by atoms with E-state index >= 15 is 0 Å². The van der Waals surface area contributed by atoms with Gasteiger partial charge in [-0.15, -0.1) is 0 Å². The summed E-state index contributed by atoms with van der Waals surface area (Å²) in [6.45, 7) is 0.696. The lowest BCUT2D eigenvalue weighted by atomic mass is 10.1. The maximum Gasteiger partial charge on any atom is 0.242 e. The Labute approximate surface area is 118 Å². The van der Waals surface area contributed by atoms with Gasteiger partial charge >= 0.3 is 0 Å². The minimum atomic E-state index is -0.407. The fraction of sp³-hybridized carbons (Fsp3) is 0.467. The van der Waals surface area contributed by atoms with Crippen LogP contribution in [0.2, 0.25) is 0 Å². The molecule has 2 rings (SSSR count). The Morgan fingerprint density at radius 1 is 1.45 bits per heavy atom. The van der Waals surface area contributed by atoms with Crippen molar-refractivity contribution < 1.29 is 14.3 Å². The van der Waals surface area contributed by atoms with Gasteiger partial charge in [0.15, 0.2) is 0 Å². The number of hydrogen-bond acceptors (Lipinski definition) is 3. The summed E-state index contributed by atoms with van der Waals surface area (Å²) < 4.78 is 5.12. The Hall–Kier alpha value is -2.04. The molecular formula is C15H20N2O3. The standard InChI is InChI=1S/C15H20N2O3/c1-20-12-6-4-5-11(9-12)10-14(18)17-13-7-2-3-8-16-15(13)19/h4-6,9,13H,2-3,7-8,10H2,1H3,(H,16,19)(H,17,18)/t13-/m1/s1. The van der Waals surface area contributed by atoms with Gasteiger partial charge in [-0.3, -0.25) is 9.59 Å². The molecule has 0 radical (unpaired) electrons. The summed E-state index contributed by atoms with van der Waals surface area (Å²) in [4.78, 5) is 23.8. The third-order valence-electron chi connectivity index (χ3n) is 3.37. The first-order valence-corrected chi connectivity index (χ1v) is 6.89. The largest absolute Gasteiger partial charge is 0.497 e. The van der Waals surface area contributed by atoms with Crippen molar-refractivity contribution in [2.75, 3.05) is 13.7 Å². The SMILES string of the molecule is COc1cccc(CC(=O)N[C@@H]2CCCCNC2=O)c1. The van der Waals surface area contributed by atoms with Crippen LogP contribution in [0.15, 0.2) is 24.3 Å². The highest BCUT2D eigenvalue weighted by Gasteiger charge is 2.22. The van der Waals surface area contributed by atoms with Crippen molar-refractivity contribution in [3.05, 3.63) is 29.8 Å². The second kappa shape index (κ2) is 6.93. The van der Waals surface area contributed by atoms with Gasteiger partial charge in [-0.05, 0) is 37.0 Å². The van der Waals surface area contributed by atoms with Crippen LogP contribution in [-0.4, -0.2) is 31.5 Å². The van der Waals surface area contributed by atoms with Crippen molar-refractivity contribution in [2.45, 2.75) is 31.7 Å².